The van der Waals surface area contributed by atoms with Gasteiger partial charge in [-0.25, -0.2) is 0 Å². The molecule has 12 heavy (non-hydrogen) atoms. The molecule has 52 valence electrons. The average molecular weight is 684 g/mol. The molecule has 1 aliphatic rings. The van der Waals surface area contributed by atoms with E-state index in [1.54, 1.807) is 0 Å². The fraction of sp³-hybridized carbons (Fsp3) is 0. The SMILES string of the molecule is [Rb+].[Rb+].[Rb+].[Rb+].[SH-].[SH-].[SH-].[SH-].[S]1[Ge][S][Ge]1. The van der Waals surface area contributed by atoms with Crippen molar-refractivity contribution >= 4 is 97.1 Å². The van der Waals surface area contributed by atoms with Crippen LogP contribution in [0.5, 0.6) is 0 Å². The van der Waals surface area contributed by atoms with Gasteiger partial charge < -0.3 is 54.0 Å². The first-order chi connectivity index (χ1) is 2.00. The van der Waals surface area contributed by atoms with Gasteiger partial charge in [-0.1, -0.05) is 0 Å². The Labute approximate surface area is 317 Å². The molecule has 0 amide bonds. The molecule has 0 bridgehead atoms. The molecule has 1 rings (SSSR count). The monoisotopic (exact) mass is 683 g/mol. The van der Waals surface area contributed by atoms with Crippen LogP contribution < -0.4 is 233 Å². The molecule has 1 heterocycles. The molecular weight excluding hydrogens is 679 g/mol. The summed E-state index contributed by atoms with van der Waals surface area (Å²) in [5, 5.41) is 0. The van der Waals surface area contributed by atoms with Gasteiger partial charge in [-0.15, -0.1) is 0 Å². The predicted octanol–water partition coefficient (Wildman–Crippen LogP) is -12.5. The second-order valence-electron chi connectivity index (χ2n) is 0.371. The maximum atomic E-state index is 2.25. The number of hydrogen-bond donors (Lipinski definition) is 0. The fourth-order valence-corrected chi connectivity index (χ4v) is 10.1. The van der Waals surface area contributed by atoms with Crippen molar-refractivity contribution < 1.29 is 233 Å². The van der Waals surface area contributed by atoms with Crippen LogP contribution in [-0.4, -0.2) is 26.3 Å². The molecule has 0 aromatic heterocycles. The second kappa shape index (κ2) is 43.0. The molecule has 0 aliphatic carbocycles. The second-order valence-corrected chi connectivity index (χ2v) is 24.3. The van der Waals surface area contributed by atoms with Gasteiger partial charge in [-0.2, -0.15) is 0 Å². The van der Waals surface area contributed by atoms with E-state index in [9.17, 15) is 0 Å². The topological polar surface area (TPSA) is 0 Å². The zero-order chi connectivity index (χ0) is 2.83. The molecule has 0 atom stereocenters. The molecule has 0 aromatic rings. The van der Waals surface area contributed by atoms with Crippen molar-refractivity contribution in [3.63, 3.8) is 0 Å². The normalized spacial score (nSPS) is 8.00. The van der Waals surface area contributed by atoms with Crippen molar-refractivity contribution in [3.05, 3.63) is 0 Å². The van der Waals surface area contributed by atoms with E-state index in [-0.39, 0.29) is 287 Å². The van der Waals surface area contributed by atoms with Gasteiger partial charge in [0, 0.05) is 0 Å². The standard InChI is InChI=1S/Ge2S2.4Rb.4H2S/c1-3-2-4-1;;;;;;;;/h;;;;;4*1H2/q;4*+1;;;;/p-4. The fourth-order valence-electron chi connectivity index (χ4n) is 0.0417. The Morgan fingerprint density at radius 1 is 0.500 bits per heavy atom. The van der Waals surface area contributed by atoms with Gasteiger partial charge in [0.25, 0.3) is 0 Å². The summed E-state index contributed by atoms with van der Waals surface area (Å²) < 4.78 is 0. The molecule has 1 saturated heterocycles. The summed E-state index contributed by atoms with van der Waals surface area (Å²) in [6, 6.07) is 0. The van der Waals surface area contributed by atoms with E-state index in [2.05, 4.69) is 16.8 Å². The first-order valence-electron chi connectivity index (χ1n) is 0.816. The zero-order valence-corrected chi connectivity index (χ0v) is 36.7. The molecule has 12 heteroatoms. The van der Waals surface area contributed by atoms with E-state index in [1.807, 2.05) is 0 Å². The van der Waals surface area contributed by atoms with Crippen LogP contribution in [0.25, 0.3) is 0 Å². The first-order valence-corrected chi connectivity index (χ1v) is 12.7. The summed E-state index contributed by atoms with van der Waals surface area (Å²) >= 11 is 1.17. The quantitative estimate of drug-likeness (QED) is 0.141. The summed E-state index contributed by atoms with van der Waals surface area (Å²) in [6.07, 6.45) is 0. The van der Waals surface area contributed by atoms with Crippen LogP contribution in [-0.2, 0) is 54.0 Å². The van der Waals surface area contributed by atoms with Crippen molar-refractivity contribution in [3.8, 4) is 0 Å². The molecule has 0 nitrogen and oxygen atoms in total. The van der Waals surface area contributed by atoms with Crippen molar-refractivity contribution in [1.29, 1.82) is 0 Å². The van der Waals surface area contributed by atoms with Crippen LogP contribution in [0.2, 0.25) is 0 Å². The third-order valence-electron chi connectivity index (χ3n) is 0.167. The molecule has 1 aliphatic heterocycles. The van der Waals surface area contributed by atoms with Gasteiger partial charge in [0.1, 0.15) is 0 Å². The zero-order valence-electron chi connectivity index (χ0n) is 7.61. The number of thiol groups is 4. The Hall–Kier alpha value is 10.4. The van der Waals surface area contributed by atoms with Crippen LogP contribution in [0.3, 0.4) is 0 Å². The van der Waals surface area contributed by atoms with Crippen molar-refractivity contribution in [2.75, 3.05) is 0 Å². The van der Waals surface area contributed by atoms with Gasteiger partial charge in [-0.05, 0) is 0 Å². The molecule has 0 saturated carbocycles. The number of rotatable bonds is 0. The van der Waals surface area contributed by atoms with Gasteiger partial charge in [0.2, 0.25) is 0 Å². The van der Waals surface area contributed by atoms with E-state index in [0.717, 1.165) is 0 Å². The van der Waals surface area contributed by atoms with E-state index >= 15 is 0 Å². The molecule has 0 N–H and O–H groups in total. The Balaban J connectivity index is -0.00000000333. The molecule has 0 spiro atoms. The Bertz CT molecular complexity index is 25.5. The Morgan fingerprint density at radius 2 is 0.583 bits per heavy atom. The summed E-state index contributed by atoms with van der Waals surface area (Å²) in [5.74, 6) is 0. The summed E-state index contributed by atoms with van der Waals surface area (Å²) in [5.41, 5.74) is 0. The number of hydrogen-bond acceptors (Lipinski definition) is 6. The minimum absolute atomic E-state index is 0. The van der Waals surface area contributed by atoms with Crippen molar-refractivity contribution in [2.24, 2.45) is 0 Å². The van der Waals surface area contributed by atoms with E-state index in [1.165, 1.54) is 0 Å². The summed E-state index contributed by atoms with van der Waals surface area (Å²) in [6.45, 7) is 0. The molecule has 1 fully saturated rings. The molecule has 0 aromatic carbocycles. The molecular formula is H4Ge2Rb4S6. The summed E-state index contributed by atoms with van der Waals surface area (Å²) in [4.78, 5) is 0. The van der Waals surface area contributed by atoms with Gasteiger partial charge in [0.15, 0.2) is 0 Å². The van der Waals surface area contributed by atoms with Crippen LogP contribution in [0.4, 0.5) is 0 Å². The van der Waals surface area contributed by atoms with E-state index in [0.29, 0.717) is 26.3 Å². The average Bonchev–Trinajstić information content (AvgIpc) is 0.722. The maximum absolute atomic E-state index is 2.25. The van der Waals surface area contributed by atoms with Crippen molar-refractivity contribution in [1.82, 2.24) is 0 Å². The van der Waals surface area contributed by atoms with Gasteiger partial charge >= 0.3 is 276 Å². The Kier molecular flexibility index (Phi) is 177. The van der Waals surface area contributed by atoms with Crippen LogP contribution in [0, 0.1) is 0 Å². The minimum atomic E-state index is 0. The predicted molar refractivity (Wildman–Crippen MR) is 61.7 cm³/mol. The third kappa shape index (κ3) is 37.0. The molecule has 0 unspecified atom stereocenters. The first kappa shape index (κ1) is 49.5. The van der Waals surface area contributed by atoms with Crippen LogP contribution in [0.1, 0.15) is 0 Å². The van der Waals surface area contributed by atoms with Crippen molar-refractivity contribution in [2.45, 2.75) is 0 Å². The van der Waals surface area contributed by atoms with Crippen LogP contribution >= 0.6 is 16.8 Å². The Morgan fingerprint density at radius 3 is 0.583 bits per heavy atom. The van der Waals surface area contributed by atoms with Crippen LogP contribution in [0.15, 0.2) is 0 Å². The van der Waals surface area contributed by atoms with E-state index in [4.69, 9.17) is 0 Å². The van der Waals surface area contributed by atoms with Gasteiger partial charge in [-0.3, -0.25) is 0 Å². The van der Waals surface area contributed by atoms with Gasteiger partial charge in [0.05, 0.1) is 0 Å². The third-order valence-corrected chi connectivity index (χ3v) is 40.5. The summed E-state index contributed by atoms with van der Waals surface area (Å²) in [7, 11) is 4.50. The van der Waals surface area contributed by atoms with E-state index < -0.39 is 0 Å². The molecule has 4 radical (unpaired) electrons.